The Morgan fingerprint density at radius 1 is 1.03 bits per heavy atom. The standard InChI is InChI=1S/C23H26N4O2/c1-15-5-4-6-20(17(15)3)24-23-25-21(22(28)26-23)14-18-7-8-19(13-16(18)2)27-9-11-29-12-10-27/h4-8,13-14H,9-12H2,1-3H3,(H2,24,25,26,28)/b21-14-. The van der Waals surface area contributed by atoms with Crippen LogP contribution in [0, 0.1) is 20.8 Å². The summed E-state index contributed by atoms with van der Waals surface area (Å²) in [5.74, 6) is 0.281. The van der Waals surface area contributed by atoms with E-state index in [1.807, 2.05) is 38.1 Å². The molecule has 0 spiro atoms. The Labute approximate surface area is 171 Å². The Kier molecular flexibility index (Phi) is 5.36. The van der Waals surface area contributed by atoms with E-state index in [1.54, 1.807) is 0 Å². The van der Waals surface area contributed by atoms with Gasteiger partial charge in [-0.05, 0) is 67.3 Å². The van der Waals surface area contributed by atoms with Crippen LogP contribution in [0.3, 0.4) is 0 Å². The molecule has 2 fully saturated rings. The van der Waals surface area contributed by atoms with E-state index in [0.717, 1.165) is 48.7 Å². The van der Waals surface area contributed by atoms with Crippen molar-refractivity contribution >= 4 is 29.3 Å². The Morgan fingerprint density at radius 3 is 2.59 bits per heavy atom. The van der Waals surface area contributed by atoms with Gasteiger partial charge in [0.25, 0.3) is 5.91 Å². The molecule has 2 N–H and O–H groups in total. The van der Waals surface area contributed by atoms with E-state index in [1.165, 1.54) is 11.3 Å². The number of carbonyl (C=O) groups is 1. The van der Waals surface area contributed by atoms with E-state index in [2.05, 4.69) is 45.6 Å². The van der Waals surface area contributed by atoms with Crippen LogP contribution in [0.4, 0.5) is 11.4 Å². The van der Waals surface area contributed by atoms with Crippen molar-refractivity contribution in [3.63, 3.8) is 0 Å². The van der Waals surface area contributed by atoms with Gasteiger partial charge in [0.2, 0.25) is 5.96 Å². The number of amides is 1. The Hall–Kier alpha value is -3.12. The highest BCUT2D eigenvalue weighted by Crippen LogP contribution is 2.23. The minimum absolute atomic E-state index is 0.175. The quantitative estimate of drug-likeness (QED) is 0.790. The lowest BCUT2D eigenvalue weighted by atomic mass is 10.1. The number of aliphatic imine (C=N–C) groups is 1. The zero-order valence-electron chi connectivity index (χ0n) is 17.1. The number of nitrogens with one attached hydrogen (secondary N) is 2. The summed E-state index contributed by atoms with van der Waals surface area (Å²) in [5, 5.41) is 5.92. The number of rotatable bonds is 3. The molecule has 1 amide bonds. The molecule has 2 aromatic carbocycles. The molecule has 6 nitrogen and oxygen atoms in total. The summed E-state index contributed by atoms with van der Waals surface area (Å²) in [5.41, 5.74) is 6.93. The lowest BCUT2D eigenvalue weighted by molar-refractivity contribution is -0.115. The van der Waals surface area contributed by atoms with E-state index in [0.29, 0.717) is 11.7 Å². The zero-order chi connectivity index (χ0) is 20.4. The average molecular weight is 390 g/mol. The van der Waals surface area contributed by atoms with Crippen molar-refractivity contribution in [1.29, 1.82) is 0 Å². The van der Waals surface area contributed by atoms with Gasteiger partial charge >= 0.3 is 0 Å². The molecular formula is C23H26N4O2. The van der Waals surface area contributed by atoms with Crippen LogP contribution in [-0.4, -0.2) is 38.2 Å². The summed E-state index contributed by atoms with van der Waals surface area (Å²) in [7, 11) is 0. The van der Waals surface area contributed by atoms with Crippen LogP contribution in [0.5, 0.6) is 0 Å². The maximum absolute atomic E-state index is 12.4. The van der Waals surface area contributed by atoms with E-state index >= 15 is 0 Å². The minimum atomic E-state index is -0.175. The molecule has 0 aromatic heterocycles. The summed E-state index contributed by atoms with van der Waals surface area (Å²) in [6, 6.07) is 12.3. The summed E-state index contributed by atoms with van der Waals surface area (Å²) in [6.07, 6.45) is 1.87. The van der Waals surface area contributed by atoms with Crippen molar-refractivity contribution in [3.05, 3.63) is 64.3 Å². The molecule has 0 saturated carbocycles. The molecule has 2 aromatic rings. The van der Waals surface area contributed by atoms with Gasteiger partial charge in [-0.1, -0.05) is 18.2 Å². The molecule has 0 aliphatic carbocycles. The topological polar surface area (TPSA) is 66.0 Å². The highest BCUT2D eigenvalue weighted by molar-refractivity contribution is 6.16. The molecule has 2 heterocycles. The fourth-order valence-corrected chi connectivity index (χ4v) is 3.52. The number of carbonyl (C=O) groups excluding carboxylic acids is 1. The number of morpholine rings is 1. The summed E-state index contributed by atoms with van der Waals surface area (Å²) >= 11 is 0. The van der Waals surface area contributed by atoms with Crippen LogP contribution >= 0.6 is 0 Å². The first-order valence-corrected chi connectivity index (χ1v) is 9.89. The van der Waals surface area contributed by atoms with Crippen molar-refractivity contribution in [1.82, 2.24) is 10.6 Å². The third-order valence-corrected chi connectivity index (χ3v) is 5.47. The van der Waals surface area contributed by atoms with Gasteiger partial charge in [0.15, 0.2) is 0 Å². The fraction of sp³-hybridized carbons (Fsp3) is 0.304. The van der Waals surface area contributed by atoms with Crippen LogP contribution in [0.2, 0.25) is 0 Å². The Bertz CT molecular complexity index is 1000. The van der Waals surface area contributed by atoms with Crippen molar-refractivity contribution < 1.29 is 9.53 Å². The number of hydrogen-bond acceptors (Lipinski definition) is 4. The van der Waals surface area contributed by atoms with Gasteiger partial charge in [-0.3, -0.25) is 10.1 Å². The van der Waals surface area contributed by atoms with E-state index in [9.17, 15) is 4.79 Å². The van der Waals surface area contributed by atoms with Crippen molar-refractivity contribution in [2.24, 2.45) is 4.99 Å². The van der Waals surface area contributed by atoms with E-state index in [-0.39, 0.29) is 5.91 Å². The normalized spacial score (nSPS) is 19.6. The third kappa shape index (κ3) is 4.17. The van der Waals surface area contributed by atoms with Crippen molar-refractivity contribution in [2.75, 3.05) is 31.2 Å². The highest BCUT2D eigenvalue weighted by Gasteiger charge is 2.22. The molecule has 29 heavy (non-hydrogen) atoms. The summed E-state index contributed by atoms with van der Waals surface area (Å²) in [6.45, 7) is 9.48. The second-order valence-corrected chi connectivity index (χ2v) is 7.46. The molecule has 0 bridgehead atoms. The van der Waals surface area contributed by atoms with Gasteiger partial charge in [-0.25, -0.2) is 4.99 Å². The van der Waals surface area contributed by atoms with Crippen molar-refractivity contribution in [2.45, 2.75) is 20.8 Å². The molecule has 0 unspecified atom stereocenters. The lowest BCUT2D eigenvalue weighted by Crippen LogP contribution is -2.36. The van der Waals surface area contributed by atoms with Crippen LogP contribution < -0.4 is 15.5 Å². The first-order valence-electron chi connectivity index (χ1n) is 9.89. The molecule has 2 aliphatic rings. The van der Waals surface area contributed by atoms with Gasteiger partial charge in [-0.15, -0.1) is 0 Å². The maximum atomic E-state index is 12.4. The molecular weight excluding hydrogens is 364 g/mol. The molecule has 4 rings (SSSR count). The van der Waals surface area contributed by atoms with Gasteiger partial charge in [0, 0.05) is 18.8 Å². The number of aryl methyl sites for hydroxylation is 2. The van der Waals surface area contributed by atoms with E-state index < -0.39 is 0 Å². The van der Waals surface area contributed by atoms with Gasteiger partial charge in [-0.2, -0.15) is 0 Å². The molecule has 2 aliphatic heterocycles. The first kappa shape index (κ1) is 19.2. The van der Waals surface area contributed by atoms with Gasteiger partial charge in [0.05, 0.1) is 18.9 Å². The second kappa shape index (κ2) is 8.09. The zero-order valence-corrected chi connectivity index (χ0v) is 17.1. The predicted octanol–water partition coefficient (Wildman–Crippen LogP) is 3.20. The number of benzene rings is 2. The van der Waals surface area contributed by atoms with Crippen LogP contribution in [0.15, 0.2) is 47.1 Å². The molecule has 2 saturated heterocycles. The highest BCUT2D eigenvalue weighted by atomic mass is 16.5. The van der Waals surface area contributed by atoms with Crippen LogP contribution in [-0.2, 0) is 9.53 Å². The number of anilines is 1. The lowest BCUT2D eigenvalue weighted by Gasteiger charge is -2.29. The van der Waals surface area contributed by atoms with Gasteiger partial charge in [0.1, 0.15) is 5.70 Å². The molecule has 0 radical (unpaired) electrons. The summed E-state index contributed by atoms with van der Waals surface area (Å²) in [4.78, 5) is 19.3. The number of guanidine groups is 1. The number of hydrogen-bond donors (Lipinski definition) is 2. The van der Waals surface area contributed by atoms with E-state index in [4.69, 9.17) is 4.74 Å². The predicted molar refractivity (Wildman–Crippen MR) is 116 cm³/mol. The Balaban J connectivity index is 1.54. The largest absolute Gasteiger partial charge is 0.378 e. The smallest absolute Gasteiger partial charge is 0.274 e. The molecule has 150 valence electrons. The molecule has 0 atom stereocenters. The van der Waals surface area contributed by atoms with Crippen LogP contribution in [0.1, 0.15) is 22.3 Å². The Morgan fingerprint density at radius 2 is 1.83 bits per heavy atom. The summed E-state index contributed by atoms with van der Waals surface area (Å²) < 4.78 is 5.43. The SMILES string of the molecule is Cc1cc(N2CCOCC2)ccc1/C=C1\NC(=Nc2cccc(C)c2C)NC1=O. The number of ether oxygens (including phenoxy) is 1. The minimum Gasteiger partial charge on any atom is -0.378 e. The van der Waals surface area contributed by atoms with Gasteiger partial charge < -0.3 is 15.0 Å². The molecule has 6 heteroatoms. The fourth-order valence-electron chi connectivity index (χ4n) is 3.52. The second-order valence-electron chi connectivity index (χ2n) is 7.46. The monoisotopic (exact) mass is 390 g/mol. The first-order chi connectivity index (χ1) is 14.0. The number of nitrogens with zero attached hydrogens (tertiary/aromatic N) is 2. The maximum Gasteiger partial charge on any atom is 0.274 e. The average Bonchev–Trinajstić information content (AvgIpc) is 3.06. The van der Waals surface area contributed by atoms with Crippen LogP contribution in [0.25, 0.3) is 6.08 Å². The third-order valence-electron chi connectivity index (χ3n) is 5.47. The van der Waals surface area contributed by atoms with Crippen molar-refractivity contribution in [3.8, 4) is 0 Å².